The van der Waals surface area contributed by atoms with Crippen LogP contribution in [0.25, 0.3) is 65.2 Å². The van der Waals surface area contributed by atoms with Crippen LogP contribution in [-0.2, 0) is 0 Å². The Bertz CT molecular complexity index is 1850. The highest BCUT2D eigenvalue weighted by atomic mass is 32.1. The van der Waals surface area contributed by atoms with Gasteiger partial charge in [0.2, 0.25) is 0 Å². The zero-order valence-corrected chi connectivity index (χ0v) is 20.8. The minimum atomic E-state index is 0.748. The van der Waals surface area contributed by atoms with E-state index in [1.807, 2.05) is 12.1 Å². The SMILES string of the molecule is c1ccc(-c2ccc(-c3cccc(-c4nc(-c5ccccc5)c5sc6ccccc6c5n4)c3)cc2)cc1. The fraction of sp³-hybridized carbons (Fsp3) is 0. The molecule has 3 heteroatoms. The average molecular weight is 491 g/mol. The minimum absolute atomic E-state index is 0.748. The Morgan fingerprint density at radius 2 is 1.00 bits per heavy atom. The normalized spacial score (nSPS) is 11.2. The van der Waals surface area contributed by atoms with Crippen molar-refractivity contribution in [3.05, 3.63) is 133 Å². The first-order valence-corrected chi connectivity index (χ1v) is 13.2. The molecule has 0 atom stereocenters. The second-order valence-electron chi connectivity index (χ2n) is 9.06. The Kier molecular flexibility index (Phi) is 5.34. The molecule has 0 bridgehead atoms. The zero-order valence-electron chi connectivity index (χ0n) is 20.0. The van der Waals surface area contributed by atoms with Gasteiger partial charge < -0.3 is 0 Å². The van der Waals surface area contributed by atoms with Gasteiger partial charge >= 0.3 is 0 Å². The summed E-state index contributed by atoms with van der Waals surface area (Å²) in [6.45, 7) is 0. The van der Waals surface area contributed by atoms with Crippen LogP contribution in [0.4, 0.5) is 0 Å². The van der Waals surface area contributed by atoms with Crippen LogP contribution < -0.4 is 0 Å². The fourth-order valence-electron chi connectivity index (χ4n) is 4.84. The highest BCUT2D eigenvalue weighted by Gasteiger charge is 2.16. The summed E-state index contributed by atoms with van der Waals surface area (Å²) in [4.78, 5) is 10.2. The Balaban J connectivity index is 1.35. The van der Waals surface area contributed by atoms with Crippen molar-refractivity contribution in [1.82, 2.24) is 9.97 Å². The molecule has 174 valence electrons. The molecule has 0 radical (unpaired) electrons. The van der Waals surface area contributed by atoms with Gasteiger partial charge in [-0.1, -0.05) is 121 Å². The summed E-state index contributed by atoms with van der Waals surface area (Å²) in [6, 6.07) is 46.7. The van der Waals surface area contributed by atoms with E-state index in [4.69, 9.17) is 9.97 Å². The van der Waals surface area contributed by atoms with E-state index in [9.17, 15) is 0 Å². The van der Waals surface area contributed by atoms with Crippen LogP contribution in [0.5, 0.6) is 0 Å². The molecular formula is C34H22N2S. The van der Waals surface area contributed by atoms with Crippen LogP contribution in [0.2, 0.25) is 0 Å². The minimum Gasteiger partial charge on any atom is -0.226 e. The highest BCUT2D eigenvalue weighted by molar-refractivity contribution is 7.26. The van der Waals surface area contributed by atoms with Gasteiger partial charge in [-0.15, -0.1) is 11.3 Å². The standard InChI is InChI=1S/C34H22N2S/c1-3-10-23(11-4-1)24-18-20-25(21-19-24)27-14-9-15-28(22-27)34-35-31(26-12-5-2-6-13-26)33-32(36-34)29-16-7-8-17-30(29)37-33/h1-22H. The molecule has 0 fully saturated rings. The number of rotatable bonds is 4. The third-order valence-electron chi connectivity index (χ3n) is 6.71. The second-order valence-corrected chi connectivity index (χ2v) is 10.1. The summed E-state index contributed by atoms with van der Waals surface area (Å²) in [7, 11) is 0. The van der Waals surface area contributed by atoms with E-state index in [1.165, 1.54) is 26.8 Å². The predicted molar refractivity (Wildman–Crippen MR) is 157 cm³/mol. The van der Waals surface area contributed by atoms with Gasteiger partial charge in [0.05, 0.1) is 15.9 Å². The molecule has 37 heavy (non-hydrogen) atoms. The van der Waals surface area contributed by atoms with E-state index < -0.39 is 0 Å². The Hall–Kier alpha value is -4.60. The van der Waals surface area contributed by atoms with Crippen molar-refractivity contribution < 1.29 is 0 Å². The topological polar surface area (TPSA) is 25.8 Å². The van der Waals surface area contributed by atoms with Crippen molar-refractivity contribution in [3.63, 3.8) is 0 Å². The second kappa shape index (κ2) is 9.12. The molecule has 7 rings (SSSR count). The van der Waals surface area contributed by atoms with Crippen molar-refractivity contribution in [2.75, 3.05) is 0 Å². The monoisotopic (exact) mass is 490 g/mol. The number of hydrogen-bond donors (Lipinski definition) is 0. The van der Waals surface area contributed by atoms with Crippen molar-refractivity contribution in [1.29, 1.82) is 0 Å². The van der Waals surface area contributed by atoms with Gasteiger partial charge in [0.1, 0.15) is 0 Å². The van der Waals surface area contributed by atoms with Gasteiger partial charge in [-0.25, -0.2) is 9.97 Å². The largest absolute Gasteiger partial charge is 0.226 e. The number of aromatic nitrogens is 2. The molecule has 0 aliphatic heterocycles. The first-order valence-electron chi connectivity index (χ1n) is 12.3. The molecule has 7 aromatic rings. The Morgan fingerprint density at radius 3 is 1.76 bits per heavy atom. The van der Waals surface area contributed by atoms with E-state index in [0.717, 1.165) is 38.4 Å². The van der Waals surface area contributed by atoms with Gasteiger partial charge in [-0.05, 0) is 34.4 Å². The summed E-state index contributed by atoms with van der Waals surface area (Å²) in [5, 5.41) is 1.18. The van der Waals surface area contributed by atoms with Gasteiger partial charge in [-0.3, -0.25) is 0 Å². The van der Waals surface area contributed by atoms with Gasteiger partial charge in [-0.2, -0.15) is 0 Å². The number of benzene rings is 5. The molecule has 5 aromatic carbocycles. The molecule has 0 aliphatic carbocycles. The van der Waals surface area contributed by atoms with Gasteiger partial charge in [0.25, 0.3) is 0 Å². The molecular weight excluding hydrogens is 468 g/mol. The Morgan fingerprint density at radius 1 is 0.432 bits per heavy atom. The summed E-state index contributed by atoms with van der Waals surface area (Å²) in [5.41, 5.74) is 8.88. The number of hydrogen-bond acceptors (Lipinski definition) is 3. The third-order valence-corrected chi connectivity index (χ3v) is 7.88. The lowest BCUT2D eigenvalue weighted by atomic mass is 9.99. The lowest BCUT2D eigenvalue weighted by molar-refractivity contribution is 1.24. The maximum atomic E-state index is 5.12. The van der Waals surface area contributed by atoms with Crippen molar-refractivity contribution >= 4 is 31.6 Å². The molecule has 2 aromatic heterocycles. The molecule has 0 aliphatic rings. The van der Waals surface area contributed by atoms with Crippen LogP contribution in [-0.4, -0.2) is 9.97 Å². The summed E-state index contributed by atoms with van der Waals surface area (Å²) in [6.07, 6.45) is 0. The smallest absolute Gasteiger partial charge is 0.160 e. The predicted octanol–water partition coefficient (Wildman–Crippen LogP) is 9.51. The van der Waals surface area contributed by atoms with Gasteiger partial charge in [0.15, 0.2) is 5.82 Å². The molecule has 0 unspecified atom stereocenters. The van der Waals surface area contributed by atoms with Crippen molar-refractivity contribution in [2.45, 2.75) is 0 Å². The first kappa shape index (κ1) is 21.7. The number of thiophene rings is 1. The summed E-state index contributed by atoms with van der Waals surface area (Å²) >= 11 is 1.76. The first-order chi connectivity index (χ1) is 18.3. The quantitative estimate of drug-likeness (QED) is 0.245. The van der Waals surface area contributed by atoms with Crippen molar-refractivity contribution in [3.8, 4) is 44.9 Å². The number of nitrogens with zero attached hydrogens (tertiary/aromatic N) is 2. The van der Waals surface area contributed by atoms with Crippen LogP contribution in [0.3, 0.4) is 0 Å². The van der Waals surface area contributed by atoms with E-state index in [0.29, 0.717) is 0 Å². The highest BCUT2D eigenvalue weighted by Crippen LogP contribution is 2.39. The molecule has 0 saturated heterocycles. The molecule has 2 heterocycles. The molecule has 0 spiro atoms. The molecule has 0 N–H and O–H groups in total. The van der Waals surface area contributed by atoms with E-state index in [2.05, 4.69) is 121 Å². The Labute approximate surface area is 219 Å². The van der Waals surface area contributed by atoms with E-state index >= 15 is 0 Å². The van der Waals surface area contributed by atoms with Crippen LogP contribution in [0.15, 0.2) is 133 Å². The maximum Gasteiger partial charge on any atom is 0.160 e. The number of fused-ring (bicyclic) bond motifs is 3. The van der Waals surface area contributed by atoms with Crippen LogP contribution in [0, 0.1) is 0 Å². The van der Waals surface area contributed by atoms with Crippen molar-refractivity contribution in [2.24, 2.45) is 0 Å². The molecule has 2 nitrogen and oxygen atoms in total. The average Bonchev–Trinajstić information content (AvgIpc) is 3.36. The van der Waals surface area contributed by atoms with Gasteiger partial charge in [0, 0.05) is 21.2 Å². The fourth-order valence-corrected chi connectivity index (χ4v) is 5.99. The summed E-state index contributed by atoms with van der Waals surface area (Å²) < 4.78 is 2.36. The lowest BCUT2D eigenvalue weighted by Gasteiger charge is -2.09. The molecule has 0 saturated carbocycles. The summed E-state index contributed by atoms with van der Waals surface area (Å²) in [5.74, 6) is 0.748. The van der Waals surface area contributed by atoms with Crippen LogP contribution in [0.1, 0.15) is 0 Å². The maximum absolute atomic E-state index is 5.12. The van der Waals surface area contributed by atoms with E-state index in [1.54, 1.807) is 11.3 Å². The van der Waals surface area contributed by atoms with E-state index in [-0.39, 0.29) is 0 Å². The zero-order chi connectivity index (χ0) is 24.6. The lowest BCUT2D eigenvalue weighted by Crippen LogP contribution is -1.94. The third kappa shape index (κ3) is 4.00. The molecule has 0 amide bonds. The van der Waals surface area contributed by atoms with Crippen LogP contribution >= 0.6 is 11.3 Å².